The van der Waals surface area contributed by atoms with Crippen molar-refractivity contribution in [1.82, 2.24) is 24.4 Å². The molecule has 0 radical (unpaired) electrons. The lowest BCUT2D eigenvalue weighted by Crippen LogP contribution is -2.21. The summed E-state index contributed by atoms with van der Waals surface area (Å²) in [6, 6.07) is 5.68. The number of pyridine rings is 2. The molecule has 5 heterocycles. The van der Waals surface area contributed by atoms with Crippen molar-refractivity contribution in [1.29, 1.82) is 0 Å². The van der Waals surface area contributed by atoms with Crippen molar-refractivity contribution in [2.24, 2.45) is 0 Å². The molecule has 0 spiro atoms. The molecule has 0 saturated carbocycles. The van der Waals surface area contributed by atoms with Gasteiger partial charge in [0.1, 0.15) is 11.3 Å². The number of nitrogens with zero attached hydrogens (tertiary/aromatic N) is 5. The number of ether oxygens (including phenoxy) is 1. The number of carbonyl (C=O) groups is 1. The van der Waals surface area contributed by atoms with Crippen LogP contribution in [-0.4, -0.2) is 36.9 Å². The third kappa shape index (κ3) is 3.99. The third-order valence-electron chi connectivity index (χ3n) is 5.36. The van der Waals surface area contributed by atoms with Crippen molar-refractivity contribution < 1.29 is 22.7 Å². The van der Waals surface area contributed by atoms with E-state index in [-0.39, 0.29) is 33.2 Å². The van der Waals surface area contributed by atoms with Crippen LogP contribution in [0.5, 0.6) is 0 Å². The number of carbonyl (C=O) groups excluding carboxylic acids is 1. The minimum Gasteiger partial charge on any atom is -0.372 e. The zero-order valence-corrected chi connectivity index (χ0v) is 18.7. The first-order valence-corrected chi connectivity index (χ1v) is 10.9. The zero-order valence-electron chi connectivity index (χ0n) is 17.2. The molecule has 8 nitrogen and oxygen atoms in total. The summed E-state index contributed by atoms with van der Waals surface area (Å²) >= 11 is 12.3. The van der Waals surface area contributed by atoms with Gasteiger partial charge in [-0.2, -0.15) is 23.4 Å². The van der Waals surface area contributed by atoms with E-state index in [1.54, 1.807) is 0 Å². The molecule has 1 saturated heterocycles. The second-order valence-corrected chi connectivity index (χ2v) is 8.33. The van der Waals surface area contributed by atoms with Gasteiger partial charge in [0.15, 0.2) is 5.69 Å². The predicted molar refractivity (Wildman–Crippen MR) is 117 cm³/mol. The van der Waals surface area contributed by atoms with Crippen LogP contribution in [0.25, 0.3) is 11.2 Å². The number of amides is 1. The average molecular weight is 511 g/mol. The molecule has 5 rings (SSSR count). The first-order valence-electron chi connectivity index (χ1n) is 10.1. The summed E-state index contributed by atoms with van der Waals surface area (Å²) < 4.78 is 49.7. The molecular formula is C21H15Cl2F3N6O2. The van der Waals surface area contributed by atoms with E-state index >= 15 is 0 Å². The standard InChI is InChI=1S/C21H15Cl2F3N6O2/c22-13-8-11(9-27-18(13)16-2-1-7-34-16)30-20(33)12-10-29-32(19(12)21(24,25)26)14-3-4-17(23)31-15(14)5-6-28-31/h3-6,8-10,16H,1-2,7H2,(H,30,33)/t16-/m0/s1. The summed E-state index contributed by atoms with van der Waals surface area (Å²) in [5.41, 5.74) is -0.909. The monoisotopic (exact) mass is 510 g/mol. The Morgan fingerprint density at radius 1 is 1.18 bits per heavy atom. The van der Waals surface area contributed by atoms with Gasteiger partial charge >= 0.3 is 6.18 Å². The van der Waals surface area contributed by atoms with Gasteiger partial charge in [-0.3, -0.25) is 9.78 Å². The molecule has 1 aliphatic heterocycles. The van der Waals surface area contributed by atoms with Gasteiger partial charge in [-0.1, -0.05) is 23.2 Å². The Balaban J connectivity index is 1.50. The Hall–Kier alpha value is -3.15. The highest BCUT2D eigenvalue weighted by molar-refractivity contribution is 6.31. The third-order valence-corrected chi connectivity index (χ3v) is 5.95. The molecule has 13 heteroatoms. The molecule has 1 fully saturated rings. The number of hydrogen-bond donors (Lipinski definition) is 1. The normalized spacial score (nSPS) is 16.3. The van der Waals surface area contributed by atoms with Gasteiger partial charge in [0.2, 0.25) is 0 Å². The minimum atomic E-state index is -4.89. The summed E-state index contributed by atoms with van der Waals surface area (Å²) in [6.07, 6.45) is 0.0906. The van der Waals surface area contributed by atoms with E-state index < -0.39 is 23.3 Å². The molecule has 34 heavy (non-hydrogen) atoms. The number of anilines is 1. The van der Waals surface area contributed by atoms with Crippen molar-refractivity contribution >= 4 is 40.3 Å². The molecule has 1 amide bonds. The second kappa shape index (κ2) is 8.57. The summed E-state index contributed by atoms with van der Waals surface area (Å²) in [7, 11) is 0. The zero-order chi connectivity index (χ0) is 24.0. The summed E-state index contributed by atoms with van der Waals surface area (Å²) in [4.78, 5) is 17.1. The van der Waals surface area contributed by atoms with Crippen molar-refractivity contribution in [3.8, 4) is 5.69 Å². The van der Waals surface area contributed by atoms with E-state index in [1.165, 1.54) is 41.2 Å². The second-order valence-electron chi connectivity index (χ2n) is 7.53. The fourth-order valence-electron chi connectivity index (χ4n) is 3.87. The number of nitrogens with one attached hydrogen (secondary N) is 1. The van der Waals surface area contributed by atoms with Gasteiger partial charge < -0.3 is 10.1 Å². The van der Waals surface area contributed by atoms with Crippen LogP contribution in [0.15, 0.2) is 42.9 Å². The van der Waals surface area contributed by atoms with Gasteiger partial charge in [-0.15, -0.1) is 0 Å². The van der Waals surface area contributed by atoms with Crippen molar-refractivity contribution in [3.63, 3.8) is 0 Å². The van der Waals surface area contributed by atoms with Gasteiger partial charge in [0.25, 0.3) is 5.91 Å². The number of alkyl halides is 3. The molecule has 1 atom stereocenters. The van der Waals surface area contributed by atoms with Crippen molar-refractivity contribution in [2.75, 3.05) is 11.9 Å². The molecule has 1 aliphatic rings. The largest absolute Gasteiger partial charge is 0.434 e. The van der Waals surface area contributed by atoms with Crippen LogP contribution in [0.3, 0.4) is 0 Å². The van der Waals surface area contributed by atoms with Gasteiger partial charge in [-0.25, -0.2) is 9.20 Å². The lowest BCUT2D eigenvalue weighted by Gasteiger charge is -2.14. The maximum Gasteiger partial charge on any atom is 0.434 e. The number of halogens is 5. The Bertz CT molecular complexity index is 1400. The van der Waals surface area contributed by atoms with E-state index in [0.717, 1.165) is 19.0 Å². The Kier molecular flexibility index (Phi) is 5.70. The minimum absolute atomic E-state index is 0.0545. The molecular weight excluding hydrogens is 496 g/mol. The fraction of sp³-hybridized carbons (Fsp3) is 0.238. The molecule has 0 unspecified atom stereocenters. The summed E-state index contributed by atoms with van der Waals surface area (Å²) in [6.45, 7) is 0.602. The lowest BCUT2D eigenvalue weighted by molar-refractivity contribution is -0.143. The molecule has 4 aromatic heterocycles. The SMILES string of the molecule is O=C(Nc1cnc([C@@H]2CCCO2)c(Cl)c1)c1cnn(-c2ccc(Cl)n3nccc23)c1C(F)(F)F. The van der Waals surface area contributed by atoms with E-state index in [0.29, 0.717) is 17.0 Å². The van der Waals surface area contributed by atoms with Crippen molar-refractivity contribution in [3.05, 3.63) is 70.0 Å². The highest BCUT2D eigenvalue weighted by Crippen LogP contribution is 2.36. The van der Waals surface area contributed by atoms with Crippen LogP contribution in [0, 0.1) is 0 Å². The Morgan fingerprint density at radius 2 is 2.00 bits per heavy atom. The Morgan fingerprint density at radius 3 is 2.71 bits per heavy atom. The van der Waals surface area contributed by atoms with E-state index in [1.807, 2.05) is 0 Å². The number of aromatic nitrogens is 5. The predicted octanol–water partition coefficient (Wildman–Crippen LogP) is 5.34. The number of fused-ring (bicyclic) bond motifs is 1. The van der Waals surface area contributed by atoms with E-state index in [4.69, 9.17) is 27.9 Å². The molecule has 0 aromatic carbocycles. The van der Waals surface area contributed by atoms with Gasteiger partial charge in [0.05, 0.1) is 51.8 Å². The van der Waals surface area contributed by atoms with Crippen LogP contribution in [0.2, 0.25) is 10.2 Å². The molecule has 0 aliphatic carbocycles. The van der Waals surface area contributed by atoms with Crippen LogP contribution in [-0.2, 0) is 10.9 Å². The van der Waals surface area contributed by atoms with Crippen LogP contribution >= 0.6 is 23.2 Å². The first-order chi connectivity index (χ1) is 16.2. The van der Waals surface area contributed by atoms with Crippen LogP contribution in [0.4, 0.5) is 18.9 Å². The summed E-state index contributed by atoms with van der Waals surface area (Å²) in [5, 5.41) is 10.7. The van der Waals surface area contributed by atoms with Gasteiger partial charge in [-0.05, 0) is 37.1 Å². The van der Waals surface area contributed by atoms with Crippen LogP contribution in [0.1, 0.15) is 40.7 Å². The Labute approximate surface area is 200 Å². The van der Waals surface area contributed by atoms with Gasteiger partial charge in [0, 0.05) is 6.61 Å². The van der Waals surface area contributed by atoms with Crippen LogP contribution < -0.4 is 5.32 Å². The molecule has 1 N–H and O–H groups in total. The van der Waals surface area contributed by atoms with Crippen molar-refractivity contribution in [2.45, 2.75) is 25.1 Å². The number of hydrogen-bond acceptors (Lipinski definition) is 5. The maximum atomic E-state index is 14.1. The lowest BCUT2D eigenvalue weighted by atomic mass is 10.1. The highest BCUT2D eigenvalue weighted by Gasteiger charge is 2.41. The van der Waals surface area contributed by atoms with E-state index in [9.17, 15) is 18.0 Å². The first kappa shape index (κ1) is 22.6. The average Bonchev–Trinajstić information content (AvgIpc) is 3.54. The molecule has 0 bridgehead atoms. The maximum absolute atomic E-state index is 14.1. The fourth-order valence-corrected chi connectivity index (χ4v) is 4.35. The smallest absolute Gasteiger partial charge is 0.372 e. The van der Waals surface area contributed by atoms with E-state index in [2.05, 4.69) is 20.5 Å². The number of rotatable bonds is 4. The molecule has 176 valence electrons. The topological polar surface area (TPSA) is 86.3 Å². The summed E-state index contributed by atoms with van der Waals surface area (Å²) in [5.74, 6) is -1.01. The quantitative estimate of drug-likeness (QED) is 0.374. The molecule has 4 aromatic rings. The highest BCUT2D eigenvalue weighted by atomic mass is 35.5.